The Balaban J connectivity index is 1.95. The molecular formula is C12H12N4O3S. The summed E-state index contributed by atoms with van der Waals surface area (Å²) in [4.78, 5) is 24.4. The lowest BCUT2D eigenvalue weighted by Gasteiger charge is -2.10. The van der Waals surface area contributed by atoms with Gasteiger partial charge in [-0.3, -0.25) is 4.79 Å². The van der Waals surface area contributed by atoms with Gasteiger partial charge < -0.3 is 10.4 Å². The second-order valence-corrected chi connectivity index (χ2v) is 5.63. The first kappa shape index (κ1) is 12.8. The summed E-state index contributed by atoms with van der Waals surface area (Å²) in [7, 11) is 0. The Labute approximate surface area is 118 Å². The molecule has 0 aromatic carbocycles. The maximum absolute atomic E-state index is 11.9. The van der Waals surface area contributed by atoms with Gasteiger partial charge in [0.2, 0.25) is 0 Å². The van der Waals surface area contributed by atoms with Crippen molar-refractivity contribution in [2.45, 2.75) is 25.7 Å². The van der Waals surface area contributed by atoms with Crippen LogP contribution in [0.15, 0.2) is 6.20 Å². The number of carbonyl (C=O) groups excluding carboxylic acids is 1. The number of thiophene rings is 1. The number of hydrogen-bond donors (Lipinski definition) is 3. The number of carboxylic acid groups (broad SMARTS) is 1. The second kappa shape index (κ2) is 5.04. The molecule has 1 aliphatic rings. The van der Waals surface area contributed by atoms with E-state index in [4.69, 9.17) is 0 Å². The van der Waals surface area contributed by atoms with Gasteiger partial charge in [-0.25, -0.2) is 4.79 Å². The maximum Gasteiger partial charge on any atom is 0.339 e. The maximum atomic E-state index is 11.9. The second-order valence-electron chi connectivity index (χ2n) is 4.53. The number of rotatable bonds is 3. The van der Waals surface area contributed by atoms with Gasteiger partial charge >= 0.3 is 5.97 Å². The van der Waals surface area contributed by atoms with Gasteiger partial charge in [-0.05, 0) is 31.2 Å². The summed E-state index contributed by atoms with van der Waals surface area (Å²) in [5.41, 5.74) is 1.22. The van der Waals surface area contributed by atoms with Crippen LogP contribution in [0.1, 0.15) is 44.1 Å². The van der Waals surface area contributed by atoms with Crippen LogP contribution in [-0.2, 0) is 12.8 Å². The third kappa shape index (κ3) is 2.18. The third-order valence-electron chi connectivity index (χ3n) is 3.26. The van der Waals surface area contributed by atoms with Crippen LogP contribution in [0.4, 0.5) is 5.00 Å². The first-order valence-electron chi connectivity index (χ1n) is 6.21. The van der Waals surface area contributed by atoms with E-state index >= 15 is 0 Å². The zero-order valence-electron chi connectivity index (χ0n) is 10.5. The van der Waals surface area contributed by atoms with Crippen LogP contribution in [-0.4, -0.2) is 32.4 Å². The first-order chi connectivity index (χ1) is 9.66. The van der Waals surface area contributed by atoms with E-state index in [1.165, 1.54) is 17.5 Å². The topological polar surface area (TPSA) is 108 Å². The lowest BCUT2D eigenvalue weighted by Crippen LogP contribution is -2.14. The zero-order valence-corrected chi connectivity index (χ0v) is 11.3. The standard InChI is InChI=1S/C12H12N4O3S/c17-10(7-5-13-16-15-7)14-11-9(12(18)19)6-3-1-2-4-8(6)20-11/h5H,1-4H2,(H,14,17)(H,18,19)(H,13,15,16). The van der Waals surface area contributed by atoms with Crippen molar-refractivity contribution in [3.8, 4) is 0 Å². The van der Waals surface area contributed by atoms with Crippen molar-refractivity contribution in [3.63, 3.8) is 0 Å². The van der Waals surface area contributed by atoms with E-state index in [-0.39, 0.29) is 11.3 Å². The number of aromatic amines is 1. The number of aromatic carboxylic acids is 1. The lowest BCUT2D eigenvalue weighted by atomic mass is 9.95. The number of hydrogen-bond acceptors (Lipinski definition) is 5. The fraction of sp³-hybridized carbons (Fsp3) is 0.333. The number of aromatic nitrogens is 3. The largest absolute Gasteiger partial charge is 0.478 e. The molecule has 0 bridgehead atoms. The van der Waals surface area contributed by atoms with Crippen LogP contribution < -0.4 is 5.32 Å². The Morgan fingerprint density at radius 1 is 1.35 bits per heavy atom. The van der Waals surface area contributed by atoms with Gasteiger partial charge in [0.15, 0.2) is 5.69 Å². The average Bonchev–Trinajstić information content (AvgIpc) is 3.05. The molecule has 7 nitrogen and oxygen atoms in total. The molecule has 0 atom stereocenters. The van der Waals surface area contributed by atoms with Gasteiger partial charge in [-0.1, -0.05) is 0 Å². The molecule has 2 heterocycles. The van der Waals surface area contributed by atoms with E-state index in [0.717, 1.165) is 36.1 Å². The van der Waals surface area contributed by atoms with Gasteiger partial charge in [0.1, 0.15) is 5.00 Å². The molecule has 0 saturated carbocycles. The summed E-state index contributed by atoms with van der Waals surface area (Å²) in [5, 5.41) is 22.0. The highest BCUT2D eigenvalue weighted by molar-refractivity contribution is 7.17. The fourth-order valence-electron chi connectivity index (χ4n) is 2.36. The molecule has 2 aromatic rings. The summed E-state index contributed by atoms with van der Waals surface area (Å²) in [6.45, 7) is 0. The molecule has 104 valence electrons. The molecule has 0 fully saturated rings. The number of amides is 1. The fourth-order valence-corrected chi connectivity index (χ4v) is 3.63. The van der Waals surface area contributed by atoms with Crippen LogP contribution in [0.2, 0.25) is 0 Å². The minimum Gasteiger partial charge on any atom is -0.478 e. The highest BCUT2D eigenvalue weighted by atomic mass is 32.1. The Bertz CT molecular complexity index is 663. The van der Waals surface area contributed by atoms with Crippen LogP contribution in [0.25, 0.3) is 0 Å². The number of carbonyl (C=O) groups is 2. The average molecular weight is 292 g/mol. The Hall–Kier alpha value is -2.22. The molecule has 3 rings (SSSR count). The Morgan fingerprint density at radius 3 is 2.85 bits per heavy atom. The Kier molecular flexibility index (Phi) is 3.23. The summed E-state index contributed by atoms with van der Waals surface area (Å²) in [5.74, 6) is -1.46. The molecule has 20 heavy (non-hydrogen) atoms. The molecular weight excluding hydrogens is 280 g/mol. The number of nitrogens with zero attached hydrogens (tertiary/aromatic N) is 2. The number of aryl methyl sites for hydroxylation is 1. The summed E-state index contributed by atoms with van der Waals surface area (Å²) >= 11 is 1.34. The highest BCUT2D eigenvalue weighted by Crippen LogP contribution is 2.38. The van der Waals surface area contributed by atoms with E-state index in [1.54, 1.807) is 0 Å². The summed E-state index contributed by atoms with van der Waals surface area (Å²) in [6.07, 6.45) is 4.97. The molecule has 1 amide bonds. The van der Waals surface area contributed by atoms with Crippen molar-refractivity contribution >= 4 is 28.2 Å². The van der Waals surface area contributed by atoms with Crippen LogP contribution in [0.5, 0.6) is 0 Å². The smallest absolute Gasteiger partial charge is 0.339 e. The van der Waals surface area contributed by atoms with Gasteiger partial charge in [-0.2, -0.15) is 15.4 Å². The number of anilines is 1. The van der Waals surface area contributed by atoms with E-state index in [9.17, 15) is 14.7 Å². The predicted molar refractivity (Wildman–Crippen MR) is 72.3 cm³/mol. The van der Waals surface area contributed by atoms with Crippen molar-refractivity contribution in [2.24, 2.45) is 0 Å². The minimum atomic E-state index is -1.00. The number of H-pyrrole nitrogens is 1. The van der Waals surface area contributed by atoms with Crippen LogP contribution in [0, 0.1) is 0 Å². The van der Waals surface area contributed by atoms with E-state index in [2.05, 4.69) is 20.7 Å². The lowest BCUT2D eigenvalue weighted by molar-refractivity contribution is 0.0697. The van der Waals surface area contributed by atoms with Crippen LogP contribution in [0.3, 0.4) is 0 Å². The first-order valence-corrected chi connectivity index (χ1v) is 7.03. The Morgan fingerprint density at radius 2 is 2.15 bits per heavy atom. The van der Waals surface area contributed by atoms with Crippen molar-refractivity contribution in [2.75, 3.05) is 5.32 Å². The van der Waals surface area contributed by atoms with Gasteiger partial charge in [0.05, 0.1) is 11.8 Å². The normalized spacial score (nSPS) is 13.8. The molecule has 0 saturated heterocycles. The van der Waals surface area contributed by atoms with Crippen molar-refractivity contribution in [1.29, 1.82) is 0 Å². The molecule has 3 N–H and O–H groups in total. The molecule has 0 spiro atoms. The molecule has 0 aliphatic heterocycles. The number of nitrogens with one attached hydrogen (secondary N) is 2. The number of carboxylic acids is 1. The summed E-state index contributed by atoms with van der Waals surface area (Å²) in [6, 6.07) is 0. The van der Waals surface area contributed by atoms with Gasteiger partial charge in [0.25, 0.3) is 5.91 Å². The van der Waals surface area contributed by atoms with E-state index in [0.29, 0.717) is 5.00 Å². The third-order valence-corrected chi connectivity index (χ3v) is 4.47. The SMILES string of the molecule is O=C(Nc1sc2c(c1C(=O)O)CCCC2)c1cn[nH]n1. The van der Waals surface area contributed by atoms with E-state index in [1.807, 2.05) is 0 Å². The molecule has 8 heteroatoms. The van der Waals surface area contributed by atoms with Gasteiger partial charge in [-0.15, -0.1) is 11.3 Å². The molecule has 0 radical (unpaired) electrons. The predicted octanol–water partition coefficient (Wildman–Crippen LogP) is 1.70. The van der Waals surface area contributed by atoms with Crippen molar-refractivity contribution in [1.82, 2.24) is 15.4 Å². The highest BCUT2D eigenvalue weighted by Gasteiger charge is 2.26. The minimum absolute atomic E-state index is 0.132. The zero-order chi connectivity index (χ0) is 14.1. The van der Waals surface area contributed by atoms with Crippen molar-refractivity contribution in [3.05, 3.63) is 27.9 Å². The molecule has 1 aliphatic carbocycles. The molecule has 2 aromatic heterocycles. The summed E-state index contributed by atoms with van der Waals surface area (Å²) < 4.78 is 0. The quantitative estimate of drug-likeness (QED) is 0.798. The number of fused-ring (bicyclic) bond motifs is 1. The van der Waals surface area contributed by atoms with Crippen molar-refractivity contribution < 1.29 is 14.7 Å². The van der Waals surface area contributed by atoms with Gasteiger partial charge in [0, 0.05) is 4.88 Å². The molecule has 0 unspecified atom stereocenters. The van der Waals surface area contributed by atoms with Crippen LogP contribution >= 0.6 is 11.3 Å². The van der Waals surface area contributed by atoms with E-state index < -0.39 is 11.9 Å². The monoisotopic (exact) mass is 292 g/mol.